The second kappa shape index (κ2) is 27.5. The van der Waals surface area contributed by atoms with E-state index in [1.54, 1.807) is 140 Å². The van der Waals surface area contributed by atoms with Crippen LogP contribution in [0.1, 0.15) is 29.1 Å². The molecule has 0 aliphatic rings. The van der Waals surface area contributed by atoms with Crippen molar-refractivity contribution in [3.63, 3.8) is 0 Å². The summed E-state index contributed by atoms with van der Waals surface area (Å²) in [6.07, 6.45) is 0.278. The molecule has 0 fully saturated rings. The first-order valence-electron chi connectivity index (χ1n) is 19.7. The van der Waals surface area contributed by atoms with E-state index in [0.29, 0.717) is 29.3 Å². The minimum absolute atomic E-state index is 0. The summed E-state index contributed by atoms with van der Waals surface area (Å²) in [7, 11) is -6.44. The molecule has 8 aromatic carbocycles. The second-order valence-corrected chi connectivity index (χ2v) is 17.0. The van der Waals surface area contributed by atoms with Crippen molar-refractivity contribution >= 4 is 56.7 Å². The van der Waals surface area contributed by atoms with Gasteiger partial charge in [0.25, 0.3) is 0 Å². The molecule has 350 valence electrons. The maximum Gasteiger partial charge on any atom is 0.805 e. The van der Waals surface area contributed by atoms with Crippen LogP contribution in [-0.2, 0) is 9.13 Å². The van der Waals surface area contributed by atoms with Crippen LogP contribution in [-0.4, -0.2) is 6.29 Å². The fraction of sp³-hybridized carbons (Fsp3) is 0.0392. The van der Waals surface area contributed by atoms with Crippen LogP contribution in [0.2, 0.25) is 10.0 Å². The maximum absolute atomic E-state index is 15.0. The molecule has 0 bridgehead atoms. The number of nitrogen functional groups attached to an aromatic ring is 1. The molecule has 0 amide bonds. The lowest BCUT2D eigenvalue weighted by Gasteiger charge is -2.29. The Morgan fingerprint density at radius 1 is 0.529 bits per heavy atom. The van der Waals surface area contributed by atoms with Crippen LogP contribution in [0.4, 0.5) is 28.9 Å². The predicted molar refractivity (Wildman–Crippen MR) is 262 cm³/mol. The molecular formula is C51H43Cl2F4N2O7P2+. The van der Waals surface area contributed by atoms with Crippen LogP contribution in [0.3, 0.4) is 0 Å². The Labute approximate surface area is 402 Å². The molecule has 0 saturated carbocycles. The number of nitrogens with one attached hydrogen (secondary N) is 1. The summed E-state index contributed by atoms with van der Waals surface area (Å²) in [6, 6.07) is 56.1. The number of hydrogen-bond acceptors (Lipinski definition) is 9. The molecule has 3 N–H and O–H groups in total. The first-order valence-corrected chi connectivity index (χ1v) is 23.2. The van der Waals surface area contributed by atoms with Gasteiger partial charge in [0.15, 0.2) is 23.6 Å². The molecular weight excluding hydrogens is 961 g/mol. The van der Waals surface area contributed by atoms with Gasteiger partial charge in [-0.25, -0.2) is 31.2 Å². The number of hydrogen-bond donors (Lipinski definition) is 2. The number of anilines is 2. The van der Waals surface area contributed by atoms with Crippen LogP contribution in [0.5, 0.6) is 23.0 Å². The lowest BCUT2D eigenvalue weighted by atomic mass is 10.2. The summed E-state index contributed by atoms with van der Waals surface area (Å²) >= 11 is 11.2. The van der Waals surface area contributed by atoms with Gasteiger partial charge >= 0.3 is 15.9 Å². The zero-order chi connectivity index (χ0) is 48.0. The van der Waals surface area contributed by atoms with Gasteiger partial charge in [-0.15, -0.1) is 0 Å². The van der Waals surface area contributed by atoms with E-state index in [-0.39, 0.29) is 46.4 Å². The molecule has 8 aromatic rings. The summed E-state index contributed by atoms with van der Waals surface area (Å²) in [6.45, 7) is 0. The third-order valence-corrected chi connectivity index (χ3v) is 11.8. The van der Waals surface area contributed by atoms with Gasteiger partial charge in [0.1, 0.15) is 34.8 Å². The molecule has 0 saturated heterocycles. The Morgan fingerprint density at radius 2 is 0.897 bits per heavy atom. The van der Waals surface area contributed by atoms with Crippen molar-refractivity contribution in [2.24, 2.45) is 0 Å². The van der Waals surface area contributed by atoms with E-state index >= 15 is 4.39 Å². The number of carbonyl (C=O) groups excluding carboxylic acids is 1. The van der Waals surface area contributed by atoms with E-state index in [0.717, 1.165) is 17.8 Å². The second-order valence-electron chi connectivity index (χ2n) is 13.4. The predicted octanol–water partition coefficient (Wildman–Crippen LogP) is 16.2. The van der Waals surface area contributed by atoms with Crippen LogP contribution in [0.15, 0.2) is 206 Å². The van der Waals surface area contributed by atoms with E-state index in [1.165, 1.54) is 0 Å². The zero-order valence-corrected chi connectivity index (χ0v) is 38.2. The van der Waals surface area contributed by atoms with Gasteiger partial charge < -0.3 is 20.1 Å². The van der Waals surface area contributed by atoms with Crippen molar-refractivity contribution in [2.75, 3.05) is 11.1 Å². The molecule has 1 atom stereocenters. The fourth-order valence-corrected chi connectivity index (χ4v) is 8.28. The van der Waals surface area contributed by atoms with Crippen molar-refractivity contribution in [3.05, 3.63) is 251 Å². The molecule has 0 radical (unpaired) electrons. The Bertz CT molecular complexity index is 2750. The SMILES string of the molecule is C.Nc1ccccc1.O=Cc1cc(Cl)c(F)cc1F.O=P(Oc1ccccc1)(Oc1ccccc1)C(Nc1ccccc1)c1cc(Cl)c(F)cc1F.O=[P+](Oc1ccccc1)Oc1ccccc1. The number of rotatable bonds is 13. The molecule has 9 nitrogen and oxygen atoms in total. The smallest absolute Gasteiger partial charge is 0.414 e. The Morgan fingerprint density at radius 3 is 1.29 bits per heavy atom. The summed E-state index contributed by atoms with van der Waals surface area (Å²) in [5.41, 5.74) is 6.30. The van der Waals surface area contributed by atoms with Crippen molar-refractivity contribution in [2.45, 2.75) is 13.2 Å². The number of carbonyl (C=O) groups is 1. The van der Waals surface area contributed by atoms with Crippen LogP contribution >= 0.6 is 39.1 Å². The van der Waals surface area contributed by atoms with Gasteiger partial charge in [-0.3, -0.25) is 4.79 Å². The number of para-hydroxylation sites is 6. The summed E-state index contributed by atoms with van der Waals surface area (Å²) in [5, 5.41) is 2.45. The van der Waals surface area contributed by atoms with Gasteiger partial charge in [0, 0.05) is 33.6 Å². The molecule has 0 aliphatic carbocycles. The molecule has 1 unspecified atom stereocenters. The average molecular weight is 1000 g/mol. The van der Waals surface area contributed by atoms with Gasteiger partial charge in [0.2, 0.25) is 0 Å². The van der Waals surface area contributed by atoms with Gasteiger partial charge in [0.05, 0.1) is 15.6 Å². The molecule has 0 heterocycles. The summed E-state index contributed by atoms with van der Waals surface area (Å²) in [5.74, 6) is -3.44. The molecule has 8 rings (SSSR count). The highest BCUT2D eigenvalue weighted by Gasteiger charge is 2.43. The normalized spacial score (nSPS) is 10.6. The van der Waals surface area contributed by atoms with E-state index in [2.05, 4.69) is 5.32 Å². The lowest BCUT2D eigenvalue weighted by molar-refractivity contribution is 0.111. The van der Waals surface area contributed by atoms with E-state index < -0.39 is 44.9 Å². The first kappa shape index (κ1) is 53.5. The minimum atomic E-state index is -4.25. The highest BCUT2D eigenvalue weighted by atomic mass is 35.5. The van der Waals surface area contributed by atoms with Gasteiger partial charge in [-0.05, 0) is 84.9 Å². The monoisotopic (exact) mass is 1000 g/mol. The Hall–Kier alpha value is -7.14. The van der Waals surface area contributed by atoms with Crippen molar-refractivity contribution in [1.29, 1.82) is 0 Å². The number of halogens is 6. The third-order valence-electron chi connectivity index (χ3n) is 8.49. The highest BCUT2D eigenvalue weighted by molar-refractivity contribution is 7.55. The van der Waals surface area contributed by atoms with Gasteiger partial charge in [-0.1, -0.05) is 140 Å². The van der Waals surface area contributed by atoms with E-state index in [1.807, 2.05) is 42.5 Å². The van der Waals surface area contributed by atoms with E-state index in [9.17, 15) is 27.1 Å². The largest absolute Gasteiger partial charge is 0.805 e. The zero-order valence-electron chi connectivity index (χ0n) is 34.9. The molecule has 0 aliphatic heterocycles. The highest BCUT2D eigenvalue weighted by Crippen LogP contribution is 2.60. The van der Waals surface area contributed by atoms with Crippen molar-refractivity contribution in [3.8, 4) is 23.0 Å². The molecule has 0 spiro atoms. The third kappa shape index (κ3) is 17.3. The van der Waals surface area contributed by atoms with Crippen molar-refractivity contribution in [1.82, 2.24) is 0 Å². The molecule has 0 aromatic heterocycles. The number of aldehydes is 1. The first-order chi connectivity index (χ1) is 32.3. The quantitative estimate of drug-likeness (QED) is 0.0382. The molecule has 68 heavy (non-hydrogen) atoms. The standard InChI is InChI=1S/C25H19ClF2NO3P.C12H10O3P.C7H3ClF2O.C6H7N.CH4/c26-22-16-21(23(27)17-24(22)28)25(29-18-10-4-1-5-11-18)33(30,31-19-12-6-2-7-13-19)32-20-14-8-3-9-15-20;13-16(14-11-7-3-1-4-8-11)15-12-9-5-2-6-10-12;8-5-1-4(3-11)6(9)2-7(5)10;7-6-4-2-1-3-5-6;/h1-17,25,29H;1-10H;1-3H;1-5H,7H2;1H4/q;+1;;;. The lowest BCUT2D eigenvalue weighted by Crippen LogP contribution is -2.19. The van der Waals surface area contributed by atoms with Gasteiger partial charge in [-0.2, -0.15) is 0 Å². The average Bonchev–Trinajstić information content (AvgIpc) is 3.33. The van der Waals surface area contributed by atoms with Crippen LogP contribution < -0.4 is 29.1 Å². The minimum Gasteiger partial charge on any atom is -0.414 e. The Kier molecular flexibility index (Phi) is 21.6. The maximum atomic E-state index is 15.0. The van der Waals surface area contributed by atoms with Crippen LogP contribution in [0.25, 0.3) is 0 Å². The number of benzene rings is 8. The van der Waals surface area contributed by atoms with Crippen molar-refractivity contribution < 1.29 is 49.6 Å². The Balaban J connectivity index is 0.000000236. The van der Waals surface area contributed by atoms with Crippen LogP contribution in [0, 0.1) is 23.3 Å². The summed E-state index contributed by atoms with van der Waals surface area (Å²) < 4.78 is 102. The number of nitrogens with two attached hydrogens (primary N) is 1. The summed E-state index contributed by atoms with van der Waals surface area (Å²) in [4.78, 5) is 10.1. The molecule has 17 heteroatoms. The van der Waals surface area contributed by atoms with E-state index in [4.69, 9.17) is 47.0 Å². The topological polar surface area (TPSA) is 126 Å². The fourth-order valence-electron chi connectivity index (χ4n) is 5.38.